The van der Waals surface area contributed by atoms with Crippen LogP contribution in [0.15, 0.2) is 35.1 Å². The molecule has 7 nitrogen and oxygen atoms in total. The van der Waals surface area contributed by atoms with E-state index in [2.05, 4.69) is 10.3 Å². The molecule has 0 saturated heterocycles. The lowest BCUT2D eigenvalue weighted by Gasteiger charge is -2.06. The fourth-order valence-corrected chi connectivity index (χ4v) is 1.82. The molecule has 2 N–H and O–H groups in total. The van der Waals surface area contributed by atoms with Crippen LogP contribution >= 0.6 is 0 Å². The summed E-state index contributed by atoms with van der Waals surface area (Å²) in [5, 5.41) is 11.3. The van der Waals surface area contributed by atoms with E-state index in [4.69, 9.17) is 14.3 Å². The molecule has 0 spiro atoms. The molecule has 22 heavy (non-hydrogen) atoms. The highest BCUT2D eigenvalue weighted by Gasteiger charge is 2.12. The highest BCUT2D eigenvalue weighted by molar-refractivity contribution is 5.93. The maximum Gasteiger partial charge on any atom is 0.341 e. The average molecular weight is 304 g/mol. The molecule has 1 aromatic heterocycles. The highest BCUT2D eigenvalue weighted by atomic mass is 16.5. The Bertz CT molecular complexity index is 648. The summed E-state index contributed by atoms with van der Waals surface area (Å²) >= 11 is 0. The van der Waals surface area contributed by atoms with Gasteiger partial charge in [0.1, 0.15) is 11.5 Å². The van der Waals surface area contributed by atoms with Crippen molar-refractivity contribution < 1.29 is 23.8 Å². The number of nitrogens with zero attached hydrogens (tertiary/aromatic N) is 1. The number of hydrogen-bond donors (Lipinski definition) is 2. The Morgan fingerprint density at radius 1 is 1.32 bits per heavy atom. The van der Waals surface area contributed by atoms with Crippen LogP contribution in [0.3, 0.4) is 0 Å². The fourth-order valence-electron chi connectivity index (χ4n) is 1.82. The zero-order chi connectivity index (χ0) is 15.9. The van der Waals surface area contributed by atoms with Gasteiger partial charge in [-0.1, -0.05) is 12.1 Å². The largest absolute Gasteiger partial charge is 0.482 e. The average Bonchev–Trinajstić information content (AvgIpc) is 2.92. The first-order valence-corrected chi connectivity index (χ1v) is 6.68. The Hall–Kier alpha value is -2.83. The van der Waals surface area contributed by atoms with Crippen molar-refractivity contribution in [2.75, 3.05) is 13.2 Å². The van der Waals surface area contributed by atoms with Crippen LogP contribution in [0.25, 0.3) is 0 Å². The minimum atomic E-state index is -1.02. The van der Waals surface area contributed by atoms with E-state index in [0.717, 1.165) is 5.56 Å². The first-order valence-electron chi connectivity index (χ1n) is 6.68. The molecule has 2 aromatic rings. The number of benzene rings is 1. The molecular formula is C15H16N2O5. The highest BCUT2D eigenvalue weighted by Crippen LogP contribution is 2.12. The number of carboxylic acids is 1. The van der Waals surface area contributed by atoms with Crippen molar-refractivity contribution >= 4 is 11.9 Å². The minimum Gasteiger partial charge on any atom is -0.482 e. The van der Waals surface area contributed by atoms with Crippen molar-refractivity contribution in [3.63, 3.8) is 0 Å². The second kappa shape index (κ2) is 7.26. The third kappa shape index (κ3) is 4.34. The van der Waals surface area contributed by atoms with Crippen molar-refractivity contribution in [2.45, 2.75) is 13.3 Å². The number of nitrogens with one attached hydrogen (secondary N) is 1. The number of ether oxygens (including phenoxy) is 1. The third-order valence-electron chi connectivity index (χ3n) is 2.94. The molecule has 116 valence electrons. The molecular weight excluding hydrogens is 288 g/mol. The molecule has 7 heteroatoms. The SMILES string of the molecule is Cc1ocnc1C(=O)NCCc1ccc(OCC(=O)O)cc1. The summed E-state index contributed by atoms with van der Waals surface area (Å²) in [6, 6.07) is 7.04. The van der Waals surface area contributed by atoms with Gasteiger partial charge in [-0.25, -0.2) is 9.78 Å². The zero-order valence-corrected chi connectivity index (χ0v) is 12.0. The fraction of sp³-hybridized carbons (Fsp3) is 0.267. The predicted octanol–water partition coefficient (Wildman–Crippen LogP) is 1.42. The summed E-state index contributed by atoms with van der Waals surface area (Å²) in [5.41, 5.74) is 1.29. The first kappa shape index (κ1) is 15.6. The molecule has 0 aliphatic rings. The van der Waals surface area contributed by atoms with Gasteiger partial charge in [0.15, 0.2) is 18.7 Å². The number of rotatable bonds is 7. The molecule has 0 atom stereocenters. The van der Waals surface area contributed by atoms with Crippen molar-refractivity contribution in [3.05, 3.63) is 47.7 Å². The Labute approximate surface area is 126 Å². The third-order valence-corrected chi connectivity index (χ3v) is 2.94. The van der Waals surface area contributed by atoms with Crippen molar-refractivity contribution in [1.29, 1.82) is 0 Å². The lowest BCUT2D eigenvalue weighted by Crippen LogP contribution is -2.26. The van der Waals surface area contributed by atoms with Gasteiger partial charge in [0.2, 0.25) is 0 Å². The van der Waals surface area contributed by atoms with Crippen LogP contribution in [0.5, 0.6) is 5.75 Å². The summed E-state index contributed by atoms with van der Waals surface area (Å²) in [5.74, 6) is -0.312. The molecule has 0 aliphatic heterocycles. The lowest BCUT2D eigenvalue weighted by atomic mass is 10.1. The van der Waals surface area contributed by atoms with E-state index in [0.29, 0.717) is 24.5 Å². The second-order valence-electron chi connectivity index (χ2n) is 4.59. The number of carbonyl (C=O) groups is 2. The Balaban J connectivity index is 1.78. The van der Waals surface area contributed by atoms with E-state index in [1.807, 2.05) is 12.1 Å². The smallest absolute Gasteiger partial charge is 0.341 e. The number of aromatic nitrogens is 1. The van der Waals surface area contributed by atoms with Gasteiger partial charge in [-0.2, -0.15) is 0 Å². The summed E-state index contributed by atoms with van der Waals surface area (Å²) in [4.78, 5) is 26.0. The molecule has 1 aromatic carbocycles. The number of aryl methyl sites for hydroxylation is 1. The van der Waals surface area contributed by atoms with Gasteiger partial charge in [-0.3, -0.25) is 4.79 Å². The van der Waals surface area contributed by atoms with Gasteiger partial charge in [0, 0.05) is 6.54 Å². The zero-order valence-electron chi connectivity index (χ0n) is 12.0. The van der Waals surface area contributed by atoms with Crippen LogP contribution in [0, 0.1) is 6.92 Å². The number of oxazole rings is 1. The van der Waals surface area contributed by atoms with Gasteiger partial charge in [-0.15, -0.1) is 0 Å². The molecule has 0 bridgehead atoms. The van der Waals surface area contributed by atoms with Gasteiger partial charge < -0.3 is 19.6 Å². The molecule has 0 fully saturated rings. The summed E-state index contributed by atoms with van der Waals surface area (Å²) in [6.07, 6.45) is 1.88. The number of aliphatic carboxylic acids is 1. The van der Waals surface area contributed by atoms with Crippen LogP contribution in [-0.4, -0.2) is 35.1 Å². The molecule has 0 radical (unpaired) electrons. The number of carboxylic acid groups (broad SMARTS) is 1. The molecule has 0 saturated carbocycles. The Morgan fingerprint density at radius 3 is 2.64 bits per heavy atom. The number of hydrogen-bond acceptors (Lipinski definition) is 5. The maximum atomic E-state index is 11.8. The topological polar surface area (TPSA) is 102 Å². The monoisotopic (exact) mass is 304 g/mol. The molecule has 2 rings (SSSR count). The van der Waals surface area contributed by atoms with Crippen LogP contribution in [0.1, 0.15) is 21.8 Å². The number of amides is 1. The van der Waals surface area contributed by atoms with E-state index in [9.17, 15) is 9.59 Å². The lowest BCUT2D eigenvalue weighted by molar-refractivity contribution is -0.139. The van der Waals surface area contributed by atoms with Gasteiger partial charge >= 0.3 is 5.97 Å². The second-order valence-corrected chi connectivity index (χ2v) is 4.59. The van der Waals surface area contributed by atoms with Crippen molar-refractivity contribution in [1.82, 2.24) is 10.3 Å². The minimum absolute atomic E-state index is 0.271. The van der Waals surface area contributed by atoms with Crippen LogP contribution in [-0.2, 0) is 11.2 Å². The standard InChI is InChI=1S/C15H16N2O5/c1-10-14(17-9-22-10)15(20)16-7-6-11-2-4-12(5-3-11)21-8-13(18)19/h2-5,9H,6-8H2,1H3,(H,16,20)(H,18,19). The Morgan fingerprint density at radius 2 is 2.05 bits per heavy atom. The quantitative estimate of drug-likeness (QED) is 0.802. The van der Waals surface area contributed by atoms with Gasteiger partial charge in [0.05, 0.1) is 0 Å². The normalized spacial score (nSPS) is 10.2. The summed E-state index contributed by atoms with van der Waals surface area (Å²) in [7, 11) is 0. The van der Waals surface area contributed by atoms with Crippen molar-refractivity contribution in [2.24, 2.45) is 0 Å². The van der Waals surface area contributed by atoms with E-state index in [-0.39, 0.29) is 18.2 Å². The Kier molecular flexibility index (Phi) is 5.13. The first-order chi connectivity index (χ1) is 10.6. The molecule has 1 heterocycles. The summed E-state index contributed by atoms with van der Waals surface area (Å²) in [6.45, 7) is 1.77. The molecule has 0 unspecified atom stereocenters. The van der Waals surface area contributed by atoms with Crippen LogP contribution < -0.4 is 10.1 Å². The van der Waals surface area contributed by atoms with Crippen LogP contribution in [0.4, 0.5) is 0 Å². The van der Waals surface area contributed by atoms with E-state index in [1.165, 1.54) is 6.39 Å². The summed E-state index contributed by atoms with van der Waals surface area (Å²) < 4.78 is 10.0. The van der Waals surface area contributed by atoms with Gasteiger partial charge in [0.25, 0.3) is 5.91 Å². The van der Waals surface area contributed by atoms with Gasteiger partial charge in [-0.05, 0) is 31.0 Å². The van der Waals surface area contributed by atoms with E-state index in [1.54, 1.807) is 19.1 Å². The molecule has 0 aliphatic carbocycles. The van der Waals surface area contributed by atoms with Crippen LogP contribution in [0.2, 0.25) is 0 Å². The number of carbonyl (C=O) groups excluding carboxylic acids is 1. The predicted molar refractivity (Wildman–Crippen MR) is 76.9 cm³/mol. The molecule has 1 amide bonds. The van der Waals surface area contributed by atoms with Crippen molar-refractivity contribution in [3.8, 4) is 5.75 Å². The van der Waals surface area contributed by atoms with E-state index < -0.39 is 5.97 Å². The van der Waals surface area contributed by atoms with E-state index >= 15 is 0 Å². The maximum absolute atomic E-state index is 11.8.